The fourth-order valence-corrected chi connectivity index (χ4v) is 11.5. The largest absolute Gasteiger partial charge is 0.143 e. The zero-order chi connectivity index (χ0) is 30.1. The van der Waals surface area contributed by atoms with E-state index in [2.05, 4.69) is 124 Å². The summed E-state index contributed by atoms with van der Waals surface area (Å²) in [5, 5.41) is 0. The molecule has 0 spiro atoms. The number of allylic oxidation sites excluding steroid dienone is 6. The van der Waals surface area contributed by atoms with Crippen molar-refractivity contribution >= 4 is 74.0 Å². The molecule has 0 bridgehead atoms. The summed E-state index contributed by atoms with van der Waals surface area (Å²) < 4.78 is 0. The first-order chi connectivity index (χ1) is 20.6. The third-order valence-corrected chi connectivity index (χ3v) is 12.9. The highest BCUT2D eigenvalue weighted by Crippen LogP contribution is 2.63. The van der Waals surface area contributed by atoms with Crippen LogP contribution < -0.4 is 0 Å². The molecule has 7 rings (SSSR count). The van der Waals surface area contributed by atoms with Gasteiger partial charge in [-0.05, 0) is 89.2 Å². The van der Waals surface area contributed by atoms with Crippen LogP contribution >= 0.6 is 74.0 Å². The summed E-state index contributed by atoms with van der Waals surface area (Å²) >= 11 is 22.7. The normalized spacial score (nSPS) is 21.9. The molecule has 1 aliphatic carbocycles. The van der Waals surface area contributed by atoms with Crippen molar-refractivity contribution in [3.05, 3.63) is 131 Å². The molecule has 0 saturated carbocycles. The van der Waals surface area contributed by atoms with E-state index < -0.39 is 0 Å². The minimum atomic E-state index is -0.318. The molecule has 2 atom stereocenters. The van der Waals surface area contributed by atoms with E-state index in [1.807, 2.05) is 23.5 Å². The molecule has 0 N–H and O–H groups in total. The molecule has 0 amide bonds. The topological polar surface area (TPSA) is 0 Å². The van der Waals surface area contributed by atoms with E-state index in [1.54, 1.807) is 0 Å². The van der Waals surface area contributed by atoms with Crippen LogP contribution in [0.4, 0.5) is 0 Å². The van der Waals surface area contributed by atoms with Crippen LogP contribution in [0.25, 0.3) is 0 Å². The molecule has 0 radical (unpaired) electrons. The summed E-state index contributed by atoms with van der Waals surface area (Å²) in [4.78, 5) is 8.99. The summed E-state index contributed by atoms with van der Waals surface area (Å²) in [7, 11) is 0. The minimum Gasteiger partial charge on any atom is -0.143 e. The maximum absolute atomic E-state index is 4.76. The molecular formula is C37H32S6. The predicted octanol–water partition coefficient (Wildman–Crippen LogP) is 11.4. The molecule has 0 saturated heterocycles. The van der Waals surface area contributed by atoms with Crippen molar-refractivity contribution in [1.29, 1.82) is 0 Å². The van der Waals surface area contributed by atoms with Crippen molar-refractivity contribution < 1.29 is 0 Å². The van der Waals surface area contributed by atoms with Crippen LogP contribution in [0, 0.1) is 11.8 Å². The van der Waals surface area contributed by atoms with Crippen LogP contribution in [0.5, 0.6) is 0 Å². The van der Waals surface area contributed by atoms with Gasteiger partial charge in [-0.3, -0.25) is 0 Å². The van der Waals surface area contributed by atoms with E-state index in [0.717, 1.165) is 19.6 Å². The van der Waals surface area contributed by atoms with Crippen LogP contribution in [-0.2, 0) is 10.8 Å². The van der Waals surface area contributed by atoms with Gasteiger partial charge in [0.1, 0.15) is 0 Å². The summed E-state index contributed by atoms with van der Waals surface area (Å²) in [6.07, 6.45) is 11.5. The third kappa shape index (κ3) is 4.74. The Kier molecular flexibility index (Phi) is 7.80. The van der Waals surface area contributed by atoms with Gasteiger partial charge in [0.2, 0.25) is 0 Å². The van der Waals surface area contributed by atoms with Crippen molar-refractivity contribution in [1.82, 2.24) is 0 Å². The molecule has 43 heavy (non-hydrogen) atoms. The lowest BCUT2D eigenvalue weighted by Gasteiger charge is -2.51. The number of fused-ring (bicyclic) bond motifs is 4. The highest BCUT2D eigenvalue weighted by Gasteiger charge is 2.55. The Morgan fingerprint density at radius 2 is 1.00 bits per heavy atom. The predicted molar refractivity (Wildman–Crippen MR) is 195 cm³/mol. The number of rotatable bonds is 3. The maximum Gasteiger partial charge on any atom is 0.0271 e. The summed E-state index contributed by atoms with van der Waals surface area (Å²) in [6, 6.07) is 26.8. The van der Waals surface area contributed by atoms with Gasteiger partial charge in [-0.15, -0.1) is 50.5 Å². The van der Waals surface area contributed by atoms with Crippen LogP contribution in [0.15, 0.2) is 148 Å². The number of thiol groups is 4. The molecule has 6 heteroatoms. The molecule has 2 aliphatic heterocycles. The molecule has 0 fully saturated rings. The zero-order valence-electron chi connectivity index (χ0n) is 24.1. The van der Waals surface area contributed by atoms with E-state index in [1.165, 1.54) is 47.4 Å². The molecule has 2 heterocycles. The van der Waals surface area contributed by atoms with Crippen molar-refractivity contribution in [3.8, 4) is 0 Å². The quantitative estimate of drug-likeness (QED) is 0.160. The Bertz CT molecular complexity index is 1780. The van der Waals surface area contributed by atoms with Gasteiger partial charge in [-0.25, -0.2) is 0 Å². The van der Waals surface area contributed by atoms with E-state index in [0.29, 0.717) is 0 Å². The van der Waals surface area contributed by atoms with Crippen LogP contribution in [0.2, 0.25) is 0 Å². The van der Waals surface area contributed by atoms with Gasteiger partial charge in [-0.2, -0.15) is 0 Å². The lowest BCUT2D eigenvalue weighted by molar-refractivity contribution is 0.244. The van der Waals surface area contributed by atoms with Gasteiger partial charge in [0.15, 0.2) is 0 Å². The molecule has 2 unspecified atom stereocenters. The second-order valence-electron chi connectivity index (χ2n) is 11.9. The Labute approximate surface area is 285 Å². The summed E-state index contributed by atoms with van der Waals surface area (Å²) in [5.41, 5.74) is 6.14. The van der Waals surface area contributed by atoms with Crippen LogP contribution in [0.1, 0.15) is 43.0 Å². The highest BCUT2D eigenvalue weighted by molar-refractivity contribution is 7.99. The monoisotopic (exact) mass is 668 g/mol. The van der Waals surface area contributed by atoms with E-state index in [-0.39, 0.29) is 22.7 Å². The van der Waals surface area contributed by atoms with Gasteiger partial charge >= 0.3 is 0 Å². The van der Waals surface area contributed by atoms with Crippen molar-refractivity contribution in [3.63, 3.8) is 0 Å². The summed E-state index contributed by atoms with van der Waals surface area (Å²) in [6.45, 7) is 7.01. The Balaban J connectivity index is 1.54. The molecule has 3 aliphatic rings. The first kappa shape index (κ1) is 29.9. The Morgan fingerprint density at radius 1 is 0.605 bits per heavy atom. The average Bonchev–Trinajstić information content (AvgIpc) is 3.40. The van der Waals surface area contributed by atoms with Gasteiger partial charge in [0.25, 0.3) is 0 Å². The van der Waals surface area contributed by atoms with E-state index in [9.17, 15) is 0 Å². The molecule has 216 valence electrons. The number of hydrogen-bond donors (Lipinski definition) is 4. The van der Waals surface area contributed by atoms with Gasteiger partial charge in [0, 0.05) is 55.9 Å². The van der Waals surface area contributed by atoms with Crippen molar-refractivity contribution in [2.75, 3.05) is 0 Å². The SMILES string of the molecule is C/C=C\C=C1/C=CC(C2(C)c3ccc(S)cc3Sc3cc(S)ccc32)C1C1(C)c2ccc(S)cc2Sc2cc(S)ccc21. The zero-order valence-corrected chi connectivity index (χ0v) is 29.3. The lowest BCUT2D eigenvalue weighted by Crippen LogP contribution is -2.46. The average molecular weight is 669 g/mol. The Hall–Kier alpha value is -1.80. The molecule has 4 aromatic carbocycles. The highest BCUT2D eigenvalue weighted by atomic mass is 32.2. The van der Waals surface area contributed by atoms with Gasteiger partial charge < -0.3 is 0 Å². The molecule has 4 aromatic rings. The van der Waals surface area contributed by atoms with Crippen molar-refractivity contribution in [2.45, 2.75) is 70.8 Å². The van der Waals surface area contributed by atoms with Gasteiger partial charge in [0.05, 0.1) is 0 Å². The standard InChI is InChI=1S/C37H32S6/c1-4-5-6-21-7-12-30(36(2)26-13-8-22(38)17-31(26)42-32-18-23(39)9-14-27(32)36)35(21)37(3)28-15-10-24(40)19-33(28)43-34-20-25(41)11-16-29(34)37/h4-20,30,35,38-41H,1-3H3/b5-4-,21-6+. The first-order valence-corrected chi connectivity index (χ1v) is 17.8. The van der Waals surface area contributed by atoms with Crippen molar-refractivity contribution in [2.24, 2.45) is 11.8 Å². The third-order valence-electron chi connectivity index (χ3n) is 9.52. The van der Waals surface area contributed by atoms with E-state index >= 15 is 0 Å². The van der Waals surface area contributed by atoms with Crippen LogP contribution in [-0.4, -0.2) is 0 Å². The first-order valence-electron chi connectivity index (χ1n) is 14.4. The fraction of sp³-hybridized carbons (Fsp3) is 0.189. The number of hydrogen-bond acceptors (Lipinski definition) is 6. The minimum absolute atomic E-state index is 0.152. The second kappa shape index (κ2) is 11.2. The molecular weight excluding hydrogens is 637 g/mol. The summed E-state index contributed by atoms with van der Waals surface area (Å²) in [5.74, 6) is 0.317. The smallest absolute Gasteiger partial charge is 0.0271 e. The maximum atomic E-state index is 4.76. The molecule has 0 aromatic heterocycles. The second-order valence-corrected chi connectivity index (χ2v) is 16.1. The Morgan fingerprint density at radius 3 is 1.40 bits per heavy atom. The van der Waals surface area contributed by atoms with E-state index in [4.69, 9.17) is 50.5 Å². The molecule has 0 nitrogen and oxygen atoms in total. The fourth-order valence-electron chi connectivity index (χ4n) is 7.54. The lowest BCUT2D eigenvalue weighted by atomic mass is 9.54. The van der Waals surface area contributed by atoms with Crippen LogP contribution in [0.3, 0.4) is 0 Å². The number of benzene rings is 4. The van der Waals surface area contributed by atoms with Gasteiger partial charge in [-0.1, -0.05) is 92.0 Å².